The van der Waals surface area contributed by atoms with Gasteiger partial charge in [-0.05, 0) is 43.4 Å². The van der Waals surface area contributed by atoms with E-state index >= 15 is 0 Å². The number of hydrogen-bond acceptors (Lipinski definition) is 4. The lowest BCUT2D eigenvalue weighted by Gasteiger charge is -2.21. The summed E-state index contributed by atoms with van der Waals surface area (Å²) in [6.45, 7) is 1.89. The van der Waals surface area contributed by atoms with Crippen LogP contribution in [0.1, 0.15) is 43.2 Å². The Morgan fingerprint density at radius 2 is 2.00 bits per heavy atom. The molecule has 7 nitrogen and oxygen atoms in total. The molecule has 3 rings (SSSR count). The van der Waals surface area contributed by atoms with E-state index in [1.165, 1.54) is 0 Å². The van der Waals surface area contributed by atoms with Crippen LogP contribution in [0, 0.1) is 5.92 Å². The van der Waals surface area contributed by atoms with Gasteiger partial charge in [0.1, 0.15) is 12.1 Å². The molecule has 1 aromatic heterocycles. The zero-order valence-corrected chi connectivity index (χ0v) is 14.2. The number of carbonyl (C=O) groups is 1. The largest absolute Gasteiger partial charge is 0.497 e. The highest BCUT2D eigenvalue weighted by atomic mass is 16.5. The number of aromatic nitrogens is 3. The van der Waals surface area contributed by atoms with Crippen LogP contribution in [0.15, 0.2) is 30.6 Å². The number of hydrogen-bond donors (Lipinski definition) is 2. The Labute approximate surface area is 141 Å². The highest BCUT2D eigenvalue weighted by Gasteiger charge is 2.33. The van der Waals surface area contributed by atoms with E-state index in [9.17, 15) is 4.79 Å². The van der Waals surface area contributed by atoms with Crippen molar-refractivity contribution in [2.75, 3.05) is 7.11 Å². The lowest BCUT2D eigenvalue weighted by atomic mass is 10.0. The Kier molecular flexibility index (Phi) is 4.69. The van der Waals surface area contributed by atoms with Gasteiger partial charge in [-0.15, -0.1) is 10.2 Å². The number of nitrogens with zero attached hydrogens (tertiary/aromatic N) is 3. The molecule has 2 amide bonds. The van der Waals surface area contributed by atoms with Gasteiger partial charge >= 0.3 is 6.03 Å². The molecular weight excluding hydrogens is 306 g/mol. The van der Waals surface area contributed by atoms with Crippen molar-refractivity contribution < 1.29 is 9.53 Å². The monoisotopic (exact) mass is 329 g/mol. The summed E-state index contributed by atoms with van der Waals surface area (Å²) in [6.07, 6.45) is 3.89. The first-order valence-corrected chi connectivity index (χ1v) is 8.13. The lowest BCUT2D eigenvalue weighted by Crippen LogP contribution is -2.40. The van der Waals surface area contributed by atoms with E-state index in [0.717, 1.165) is 30.0 Å². The molecule has 0 radical (unpaired) electrons. The SMILES string of the molecule is COc1ccc([C@@H](NC(=O)N[C@H](C)c2nncn2C)C2CC2)cc1. The number of aryl methyl sites for hydroxylation is 1. The number of nitrogens with one attached hydrogen (secondary N) is 2. The average molecular weight is 329 g/mol. The van der Waals surface area contributed by atoms with Gasteiger partial charge in [0.05, 0.1) is 19.2 Å². The summed E-state index contributed by atoms with van der Waals surface area (Å²) >= 11 is 0. The van der Waals surface area contributed by atoms with Crippen LogP contribution >= 0.6 is 0 Å². The zero-order chi connectivity index (χ0) is 17.1. The van der Waals surface area contributed by atoms with Crippen molar-refractivity contribution in [2.45, 2.75) is 31.8 Å². The van der Waals surface area contributed by atoms with E-state index < -0.39 is 0 Å². The number of ether oxygens (including phenoxy) is 1. The third kappa shape index (κ3) is 3.67. The molecule has 2 N–H and O–H groups in total. The molecule has 2 aromatic rings. The molecule has 1 heterocycles. The molecule has 128 valence electrons. The van der Waals surface area contributed by atoms with Crippen molar-refractivity contribution in [3.8, 4) is 5.75 Å². The number of amides is 2. The Morgan fingerprint density at radius 3 is 2.54 bits per heavy atom. The Hall–Kier alpha value is -2.57. The second-order valence-corrected chi connectivity index (χ2v) is 6.23. The summed E-state index contributed by atoms with van der Waals surface area (Å²) in [5.41, 5.74) is 1.10. The fourth-order valence-electron chi connectivity index (χ4n) is 2.84. The van der Waals surface area contributed by atoms with Gasteiger partial charge in [0, 0.05) is 7.05 Å². The highest BCUT2D eigenvalue weighted by Crippen LogP contribution is 2.41. The van der Waals surface area contributed by atoms with Gasteiger partial charge in [0.15, 0.2) is 5.82 Å². The summed E-state index contributed by atoms with van der Waals surface area (Å²) < 4.78 is 6.99. The number of urea groups is 1. The molecule has 1 aliphatic carbocycles. The second kappa shape index (κ2) is 6.90. The second-order valence-electron chi connectivity index (χ2n) is 6.23. The maximum Gasteiger partial charge on any atom is 0.315 e. The predicted octanol–water partition coefficient (Wildman–Crippen LogP) is 2.34. The van der Waals surface area contributed by atoms with Crippen LogP contribution in [0.25, 0.3) is 0 Å². The van der Waals surface area contributed by atoms with E-state index in [4.69, 9.17) is 4.74 Å². The summed E-state index contributed by atoms with van der Waals surface area (Å²) in [6, 6.07) is 7.47. The Balaban J connectivity index is 1.65. The molecule has 1 aromatic carbocycles. The first-order chi connectivity index (χ1) is 11.6. The van der Waals surface area contributed by atoms with Gasteiger partial charge in [-0.1, -0.05) is 12.1 Å². The molecule has 2 atom stereocenters. The molecule has 0 spiro atoms. The van der Waals surface area contributed by atoms with Crippen molar-refractivity contribution in [2.24, 2.45) is 13.0 Å². The molecule has 0 saturated heterocycles. The molecule has 1 aliphatic rings. The first-order valence-electron chi connectivity index (χ1n) is 8.13. The van der Waals surface area contributed by atoms with Gasteiger partial charge in [0.25, 0.3) is 0 Å². The topological polar surface area (TPSA) is 81.1 Å². The molecule has 0 unspecified atom stereocenters. The lowest BCUT2D eigenvalue weighted by molar-refractivity contribution is 0.232. The summed E-state index contributed by atoms with van der Waals surface area (Å²) in [5.74, 6) is 2.03. The van der Waals surface area contributed by atoms with Crippen LogP contribution in [0.2, 0.25) is 0 Å². The van der Waals surface area contributed by atoms with E-state index in [-0.39, 0.29) is 18.1 Å². The van der Waals surface area contributed by atoms with Crippen molar-refractivity contribution in [3.63, 3.8) is 0 Å². The van der Waals surface area contributed by atoms with E-state index in [0.29, 0.717) is 5.92 Å². The minimum Gasteiger partial charge on any atom is -0.497 e. The summed E-state index contributed by atoms with van der Waals surface area (Å²) in [5, 5.41) is 13.9. The van der Waals surface area contributed by atoms with Crippen LogP contribution in [0.5, 0.6) is 5.75 Å². The quantitative estimate of drug-likeness (QED) is 0.852. The van der Waals surface area contributed by atoms with Crippen LogP contribution < -0.4 is 15.4 Å². The Bertz CT molecular complexity index is 693. The highest BCUT2D eigenvalue weighted by molar-refractivity contribution is 5.75. The summed E-state index contributed by atoms with van der Waals surface area (Å²) in [7, 11) is 3.50. The van der Waals surface area contributed by atoms with Crippen LogP contribution in [-0.4, -0.2) is 27.9 Å². The molecule has 7 heteroatoms. The third-order valence-electron chi connectivity index (χ3n) is 4.34. The minimum atomic E-state index is -0.215. The number of methoxy groups -OCH3 is 1. The van der Waals surface area contributed by atoms with Crippen molar-refractivity contribution in [1.82, 2.24) is 25.4 Å². The smallest absolute Gasteiger partial charge is 0.315 e. The number of rotatable bonds is 6. The van der Waals surface area contributed by atoms with Crippen molar-refractivity contribution in [1.29, 1.82) is 0 Å². The zero-order valence-electron chi connectivity index (χ0n) is 14.2. The molecule has 0 aliphatic heterocycles. The summed E-state index contributed by atoms with van der Waals surface area (Å²) in [4.78, 5) is 12.4. The third-order valence-corrected chi connectivity index (χ3v) is 4.34. The molecular formula is C17H23N5O2. The van der Waals surface area contributed by atoms with Gasteiger partial charge in [-0.25, -0.2) is 4.79 Å². The van der Waals surface area contributed by atoms with Gasteiger partial charge < -0.3 is 19.9 Å². The van der Waals surface area contributed by atoms with E-state index in [1.807, 2.05) is 38.2 Å². The predicted molar refractivity (Wildman–Crippen MR) is 89.5 cm³/mol. The molecule has 1 fully saturated rings. The van der Waals surface area contributed by atoms with Gasteiger partial charge in [-0.3, -0.25) is 0 Å². The standard InChI is InChI=1S/C17H23N5O2/c1-11(16-21-18-10-22(16)2)19-17(23)20-15(12-4-5-12)13-6-8-14(24-3)9-7-13/h6-12,15H,4-5H2,1-3H3,(H2,19,20,23)/t11-,15+/m1/s1. The van der Waals surface area contributed by atoms with Gasteiger partial charge in [-0.2, -0.15) is 0 Å². The van der Waals surface area contributed by atoms with E-state index in [2.05, 4.69) is 20.8 Å². The van der Waals surface area contributed by atoms with Crippen LogP contribution in [0.4, 0.5) is 4.79 Å². The average Bonchev–Trinajstić information content (AvgIpc) is 3.33. The van der Waals surface area contributed by atoms with E-state index in [1.54, 1.807) is 18.0 Å². The van der Waals surface area contributed by atoms with Crippen molar-refractivity contribution in [3.05, 3.63) is 42.0 Å². The van der Waals surface area contributed by atoms with Gasteiger partial charge in [0.2, 0.25) is 0 Å². The van der Waals surface area contributed by atoms with Crippen LogP contribution in [-0.2, 0) is 7.05 Å². The maximum absolute atomic E-state index is 12.4. The Morgan fingerprint density at radius 1 is 1.29 bits per heavy atom. The number of carbonyl (C=O) groups excluding carboxylic acids is 1. The fraction of sp³-hybridized carbons (Fsp3) is 0.471. The first kappa shape index (κ1) is 16.3. The minimum absolute atomic E-state index is 0.0163. The molecule has 1 saturated carbocycles. The molecule has 0 bridgehead atoms. The maximum atomic E-state index is 12.4. The van der Waals surface area contributed by atoms with Crippen molar-refractivity contribution >= 4 is 6.03 Å². The normalized spacial score (nSPS) is 16.3. The fourth-order valence-corrected chi connectivity index (χ4v) is 2.84. The molecule has 24 heavy (non-hydrogen) atoms. The van der Waals surface area contributed by atoms with Crippen LogP contribution in [0.3, 0.4) is 0 Å². The number of benzene rings is 1.